The summed E-state index contributed by atoms with van der Waals surface area (Å²) in [5, 5.41) is 0. The van der Waals surface area contributed by atoms with E-state index in [9.17, 15) is 12.8 Å². The summed E-state index contributed by atoms with van der Waals surface area (Å²) in [5.41, 5.74) is -1.85. The monoisotopic (exact) mass is 191 g/mol. The lowest BCUT2D eigenvalue weighted by atomic mass is 10.4. The van der Waals surface area contributed by atoms with E-state index < -0.39 is 22.0 Å². The quantitative estimate of drug-likeness (QED) is 0.498. The molecule has 0 aliphatic heterocycles. The van der Waals surface area contributed by atoms with Crippen molar-refractivity contribution in [1.29, 1.82) is 0 Å². The highest BCUT2D eigenvalue weighted by molar-refractivity contribution is 7.83. The van der Waals surface area contributed by atoms with Crippen molar-refractivity contribution in [1.82, 2.24) is 4.72 Å². The molecular formula is C3H7ClFNO3S. The zero-order chi connectivity index (χ0) is 8.36. The van der Waals surface area contributed by atoms with Crippen LogP contribution in [0.2, 0.25) is 0 Å². The molecule has 62 valence electrons. The Morgan fingerprint density at radius 1 is 1.70 bits per heavy atom. The zero-order valence-corrected chi connectivity index (χ0v) is 6.66. The van der Waals surface area contributed by atoms with Crippen LogP contribution >= 0.6 is 11.6 Å². The van der Waals surface area contributed by atoms with E-state index in [0.717, 1.165) is 0 Å². The second-order valence-corrected chi connectivity index (χ2v) is 3.32. The highest BCUT2D eigenvalue weighted by atomic mass is 35.5. The SMILES string of the molecule is CC(NS(=O)(=O)O)C(F)Cl. The Hall–Kier alpha value is 0.0900. The Labute approximate surface area is 63.3 Å². The fraction of sp³-hybridized carbons (Fsp3) is 1.00. The van der Waals surface area contributed by atoms with Crippen LogP contribution in [0.4, 0.5) is 4.39 Å². The van der Waals surface area contributed by atoms with Gasteiger partial charge in [0.25, 0.3) is 0 Å². The molecule has 0 saturated heterocycles. The van der Waals surface area contributed by atoms with Gasteiger partial charge in [0, 0.05) is 0 Å². The molecule has 0 aliphatic rings. The van der Waals surface area contributed by atoms with Crippen molar-refractivity contribution < 1.29 is 17.4 Å². The molecule has 0 bridgehead atoms. The number of rotatable bonds is 3. The third kappa shape index (κ3) is 4.92. The summed E-state index contributed by atoms with van der Waals surface area (Å²) in [4.78, 5) is 0. The summed E-state index contributed by atoms with van der Waals surface area (Å²) in [6.07, 6.45) is 0. The molecule has 2 atom stereocenters. The van der Waals surface area contributed by atoms with Crippen LogP contribution in [0.5, 0.6) is 0 Å². The van der Waals surface area contributed by atoms with Gasteiger partial charge in [-0.3, -0.25) is 4.55 Å². The molecule has 0 amide bonds. The number of alkyl halides is 2. The van der Waals surface area contributed by atoms with Gasteiger partial charge in [-0.2, -0.15) is 13.1 Å². The maximum Gasteiger partial charge on any atom is 0.333 e. The molecule has 0 saturated carbocycles. The minimum atomic E-state index is -4.34. The van der Waals surface area contributed by atoms with Crippen LogP contribution in [-0.2, 0) is 10.3 Å². The molecule has 0 aliphatic carbocycles. The van der Waals surface area contributed by atoms with Crippen LogP contribution in [0.25, 0.3) is 0 Å². The van der Waals surface area contributed by atoms with Gasteiger partial charge in [-0.1, -0.05) is 11.6 Å². The lowest BCUT2D eigenvalue weighted by Crippen LogP contribution is -2.36. The van der Waals surface area contributed by atoms with Crippen LogP contribution in [0, 0.1) is 0 Å². The fourth-order valence-electron chi connectivity index (χ4n) is 0.286. The summed E-state index contributed by atoms with van der Waals surface area (Å²) in [5.74, 6) is 0. The zero-order valence-electron chi connectivity index (χ0n) is 5.08. The maximum absolute atomic E-state index is 12.0. The number of halogens is 2. The van der Waals surface area contributed by atoms with Crippen LogP contribution < -0.4 is 4.72 Å². The van der Waals surface area contributed by atoms with Gasteiger partial charge in [-0.15, -0.1) is 0 Å². The predicted molar refractivity (Wildman–Crippen MR) is 34.9 cm³/mol. The Morgan fingerprint density at radius 3 is 2.20 bits per heavy atom. The molecule has 0 fully saturated rings. The first-order valence-electron chi connectivity index (χ1n) is 2.36. The normalized spacial score (nSPS) is 18.4. The van der Waals surface area contributed by atoms with E-state index >= 15 is 0 Å². The van der Waals surface area contributed by atoms with Crippen molar-refractivity contribution in [2.24, 2.45) is 0 Å². The Bertz CT molecular complexity index is 192. The number of hydrogen-bond donors (Lipinski definition) is 2. The molecule has 7 heteroatoms. The molecule has 0 aromatic rings. The van der Waals surface area contributed by atoms with Crippen molar-refractivity contribution >= 4 is 21.9 Å². The van der Waals surface area contributed by atoms with E-state index in [0.29, 0.717) is 0 Å². The first-order chi connectivity index (χ1) is 4.33. The second-order valence-electron chi connectivity index (χ2n) is 1.72. The van der Waals surface area contributed by atoms with Crippen molar-refractivity contribution in [2.45, 2.75) is 18.6 Å². The third-order valence-corrected chi connectivity index (χ3v) is 1.76. The molecule has 0 heterocycles. The van der Waals surface area contributed by atoms with Crippen LogP contribution in [-0.4, -0.2) is 24.6 Å². The Balaban J connectivity index is 3.93. The van der Waals surface area contributed by atoms with Gasteiger partial charge < -0.3 is 0 Å². The lowest BCUT2D eigenvalue weighted by molar-refractivity contribution is 0.364. The molecule has 10 heavy (non-hydrogen) atoms. The van der Waals surface area contributed by atoms with E-state index in [4.69, 9.17) is 16.2 Å². The van der Waals surface area contributed by atoms with Gasteiger partial charge in [0.1, 0.15) is 0 Å². The van der Waals surface area contributed by atoms with Crippen molar-refractivity contribution in [2.75, 3.05) is 0 Å². The molecule has 0 aromatic heterocycles. The highest BCUT2D eigenvalue weighted by Crippen LogP contribution is 2.03. The average Bonchev–Trinajstić information content (AvgIpc) is 1.60. The standard InChI is InChI=1S/C3H7ClFNO3S/c1-2(3(4)5)6-10(7,8)9/h2-3,6H,1H3,(H,7,8,9). The molecule has 2 unspecified atom stereocenters. The van der Waals surface area contributed by atoms with Crippen molar-refractivity contribution in [3.05, 3.63) is 0 Å². The first kappa shape index (κ1) is 10.1. The maximum atomic E-state index is 12.0. The summed E-state index contributed by atoms with van der Waals surface area (Å²) in [7, 11) is -4.34. The highest BCUT2D eigenvalue weighted by Gasteiger charge is 2.17. The number of hydrogen-bond acceptors (Lipinski definition) is 2. The van der Waals surface area contributed by atoms with Gasteiger partial charge in [-0.25, -0.2) is 4.39 Å². The van der Waals surface area contributed by atoms with Crippen LogP contribution in [0.3, 0.4) is 0 Å². The van der Waals surface area contributed by atoms with Crippen LogP contribution in [0.1, 0.15) is 6.92 Å². The second kappa shape index (κ2) is 3.47. The summed E-state index contributed by atoms with van der Waals surface area (Å²) < 4.78 is 41.5. The van der Waals surface area contributed by atoms with Crippen LogP contribution in [0.15, 0.2) is 0 Å². The Morgan fingerprint density at radius 2 is 2.10 bits per heavy atom. The minimum Gasteiger partial charge on any atom is -0.273 e. The lowest BCUT2D eigenvalue weighted by Gasteiger charge is -2.09. The molecule has 2 N–H and O–H groups in total. The Kier molecular flexibility index (Phi) is 3.50. The molecule has 0 spiro atoms. The third-order valence-electron chi connectivity index (χ3n) is 0.713. The minimum absolute atomic E-state index is 1.13. The molecule has 4 nitrogen and oxygen atoms in total. The predicted octanol–water partition coefficient (Wildman–Crippen LogP) is 0.302. The van der Waals surface area contributed by atoms with Crippen molar-refractivity contribution in [3.8, 4) is 0 Å². The van der Waals surface area contributed by atoms with E-state index in [-0.39, 0.29) is 0 Å². The topological polar surface area (TPSA) is 66.4 Å². The molecule has 0 rings (SSSR count). The van der Waals surface area contributed by atoms with Gasteiger partial charge in [0.05, 0.1) is 6.04 Å². The molecule has 0 aromatic carbocycles. The van der Waals surface area contributed by atoms with E-state index in [1.54, 1.807) is 0 Å². The summed E-state index contributed by atoms with van der Waals surface area (Å²) in [6.45, 7) is 1.19. The summed E-state index contributed by atoms with van der Waals surface area (Å²) >= 11 is 4.83. The average molecular weight is 192 g/mol. The number of nitrogens with one attached hydrogen (secondary N) is 1. The van der Waals surface area contributed by atoms with E-state index in [2.05, 4.69) is 0 Å². The smallest absolute Gasteiger partial charge is 0.273 e. The first-order valence-corrected chi connectivity index (χ1v) is 4.23. The van der Waals surface area contributed by atoms with E-state index in [1.807, 2.05) is 0 Å². The van der Waals surface area contributed by atoms with Gasteiger partial charge in [-0.05, 0) is 6.92 Å². The largest absolute Gasteiger partial charge is 0.333 e. The molecule has 0 radical (unpaired) electrons. The summed E-state index contributed by atoms with van der Waals surface area (Å²) in [6, 6.07) is -1.13. The van der Waals surface area contributed by atoms with Gasteiger partial charge in [0.15, 0.2) is 5.63 Å². The van der Waals surface area contributed by atoms with Crippen molar-refractivity contribution in [3.63, 3.8) is 0 Å². The molecular weight excluding hydrogens is 185 g/mol. The van der Waals surface area contributed by atoms with E-state index in [1.165, 1.54) is 11.6 Å². The fourth-order valence-corrected chi connectivity index (χ4v) is 1.01. The van der Waals surface area contributed by atoms with Gasteiger partial charge >= 0.3 is 10.3 Å². The van der Waals surface area contributed by atoms with Gasteiger partial charge in [0.2, 0.25) is 0 Å².